The molecular weight excluding hydrogens is 244 g/mol. The van der Waals surface area contributed by atoms with Crippen molar-refractivity contribution in [3.63, 3.8) is 0 Å². The van der Waals surface area contributed by atoms with Crippen molar-refractivity contribution in [1.82, 2.24) is 15.2 Å². The Balaban J connectivity index is 1.81. The maximum atomic E-state index is 11.5. The number of aromatic nitrogens is 1. The summed E-state index contributed by atoms with van der Waals surface area (Å²) in [4.78, 5) is 19.7. The molecule has 3 heterocycles. The standard InChI is InChI=1S/C12H14N6O/c13-4-8-3-10(14)11(15-5-8)17-1-2-18-9(7-17)6-16-12(18)19/h3,5,9H,1-2,6-7,14H2,(H,16,19). The highest BCUT2D eigenvalue weighted by Gasteiger charge is 2.36. The lowest BCUT2D eigenvalue weighted by Gasteiger charge is -2.37. The summed E-state index contributed by atoms with van der Waals surface area (Å²) in [6.45, 7) is 2.73. The number of amides is 2. The summed E-state index contributed by atoms with van der Waals surface area (Å²) < 4.78 is 0. The zero-order valence-electron chi connectivity index (χ0n) is 10.3. The lowest BCUT2D eigenvalue weighted by Crippen LogP contribution is -2.52. The van der Waals surface area contributed by atoms with E-state index in [0.717, 1.165) is 0 Å². The fraction of sp³-hybridized carbons (Fsp3) is 0.417. The van der Waals surface area contributed by atoms with E-state index in [1.807, 2.05) is 11.0 Å². The third kappa shape index (κ3) is 1.91. The molecule has 2 aliphatic heterocycles. The van der Waals surface area contributed by atoms with Crippen LogP contribution in [0.3, 0.4) is 0 Å². The van der Waals surface area contributed by atoms with Crippen LogP contribution < -0.4 is 16.0 Å². The number of urea groups is 1. The SMILES string of the molecule is N#Cc1cnc(N2CCN3C(=O)NCC3C2)c(N)c1. The first kappa shape index (κ1) is 11.6. The fourth-order valence-corrected chi connectivity index (χ4v) is 2.60. The molecule has 2 aliphatic rings. The Morgan fingerprint density at radius 2 is 2.37 bits per heavy atom. The number of piperazine rings is 1. The second kappa shape index (κ2) is 4.31. The molecule has 1 unspecified atom stereocenters. The highest BCUT2D eigenvalue weighted by atomic mass is 16.2. The molecule has 2 amide bonds. The first-order chi connectivity index (χ1) is 9.19. The van der Waals surface area contributed by atoms with Gasteiger partial charge < -0.3 is 20.9 Å². The Morgan fingerprint density at radius 3 is 3.11 bits per heavy atom. The average Bonchev–Trinajstić information content (AvgIpc) is 2.79. The number of anilines is 2. The molecule has 3 N–H and O–H groups in total. The number of hydrogen-bond acceptors (Lipinski definition) is 5. The van der Waals surface area contributed by atoms with Crippen LogP contribution in [-0.4, -0.2) is 48.1 Å². The second-order valence-electron chi connectivity index (χ2n) is 4.73. The number of hydrogen-bond donors (Lipinski definition) is 2. The van der Waals surface area contributed by atoms with Gasteiger partial charge in [0, 0.05) is 32.4 Å². The predicted molar refractivity (Wildman–Crippen MR) is 69.5 cm³/mol. The topological polar surface area (TPSA) is 98.3 Å². The van der Waals surface area contributed by atoms with Crippen molar-refractivity contribution in [2.45, 2.75) is 6.04 Å². The number of carbonyl (C=O) groups is 1. The van der Waals surface area contributed by atoms with Crippen LogP contribution in [0.15, 0.2) is 12.3 Å². The van der Waals surface area contributed by atoms with Gasteiger partial charge in [0.2, 0.25) is 0 Å². The van der Waals surface area contributed by atoms with Gasteiger partial charge in [0.05, 0.1) is 17.3 Å². The third-order valence-corrected chi connectivity index (χ3v) is 3.56. The maximum Gasteiger partial charge on any atom is 0.317 e. The molecule has 0 bridgehead atoms. The molecule has 3 rings (SSSR count). The summed E-state index contributed by atoms with van der Waals surface area (Å²) in [6, 6.07) is 3.82. The zero-order chi connectivity index (χ0) is 13.4. The van der Waals surface area contributed by atoms with Gasteiger partial charge in [-0.1, -0.05) is 0 Å². The first-order valence-electron chi connectivity index (χ1n) is 6.14. The van der Waals surface area contributed by atoms with Crippen molar-refractivity contribution < 1.29 is 4.79 Å². The lowest BCUT2D eigenvalue weighted by atomic mass is 10.2. The van der Waals surface area contributed by atoms with E-state index in [9.17, 15) is 4.79 Å². The second-order valence-corrected chi connectivity index (χ2v) is 4.73. The number of nitrogens with zero attached hydrogens (tertiary/aromatic N) is 4. The zero-order valence-corrected chi connectivity index (χ0v) is 10.3. The van der Waals surface area contributed by atoms with E-state index in [1.165, 1.54) is 6.20 Å². The highest BCUT2D eigenvalue weighted by molar-refractivity contribution is 5.77. The monoisotopic (exact) mass is 258 g/mol. The van der Waals surface area contributed by atoms with Crippen LogP contribution in [0.5, 0.6) is 0 Å². The summed E-state index contributed by atoms with van der Waals surface area (Å²) in [7, 11) is 0. The molecule has 1 aromatic heterocycles. The van der Waals surface area contributed by atoms with E-state index < -0.39 is 0 Å². The number of carbonyl (C=O) groups excluding carboxylic acids is 1. The Hall–Kier alpha value is -2.49. The van der Waals surface area contributed by atoms with E-state index in [0.29, 0.717) is 43.2 Å². The molecule has 0 saturated carbocycles. The molecule has 1 aromatic rings. The molecule has 0 aromatic carbocycles. The maximum absolute atomic E-state index is 11.5. The van der Waals surface area contributed by atoms with Gasteiger partial charge in [0.1, 0.15) is 6.07 Å². The number of nitrogens with two attached hydrogens (primary N) is 1. The lowest BCUT2D eigenvalue weighted by molar-refractivity contribution is 0.197. The van der Waals surface area contributed by atoms with Crippen LogP contribution in [0.4, 0.5) is 16.3 Å². The minimum absolute atomic E-state index is 0.00501. The fourth-order valence-electron chi connectivity index (χ4n) is 2.60. The molecule has 19 heavy (non-hydrogen) atoms. The molecule has 0 spiro atoms. The number of nitriles is 1. The summed E-state index contributed by atoms with van der Waals surface area (Å²) >= 11 is 0. The van der Waals surface area contributed by atoms with Crippen LogP contribution >= 0.6 is 0 Å². The molecule has 1 atom stereocenters. The smallest absolute Gasteiger partial charge is 0.317 e. The van der Waals surface area contributed by atoms with Gasteiger partial charge in [-0.15, -0.1) is 0 Å². The Morgan fingerprint density at radius 1 is 1.53 bits per heavy atom. The minimum Gasteiger partial charge on any atom is -0.396 e. The molecule has 0 aliphatic carbocycles. The van der Waals surface area contributed by atoms with Gasteiger partial charge >= 0.3 is 6.03 Å². The van der Waals surface area contributed by atoms with Crippen molar-refractivity contribution in [2.75, 3.05) is 36.8 Å². The van der Waals surface area contributed by atoms with Crippen LogP contribution in [-0.2, 0) is 0 Å². The minimum atomic E-state index is 0.00501. The molecule has 0 radical (unpaired) electrons. The highest BCUT2D eigenvalue weighted by Crippen LogP contribution is 2.24. The Labute approximate surface area is 110 Å². The van der Waals surface area contributed by atoms with Crippen LogP contribution in [0.1, 0.15) is 5.56 Å². The first-order valence-corrected chi connectivity index (χ1v) is 6.14. The van der Waals surface area contributed by atoms with E-state index in [4.69, 9.17) is 11.0 Å². The quantitative estimate of drug-likeness (QED) is 0.723. The molecule has 2 fully saturated rings. The van der Waals surface area contributed by atoms with Crippen molar-refractivity contribution in [1.29, 1.82) is 5.26 Å². The van der Waals surface area contributed by atoms with Crippen LogP contribution in [0.25, 0.3) is 0 Å². The van der Waals surface area contributed by atoms with E-state index in [1.54, 1.807) is 6.07 Å². The van der Waals surface area contributed by atoms with Crippen LogP contribution in [0, 0.1) is 11.3 Å². The van der Waals surface area contributed by atoms with E-state index in [-0.39, 0.29) is 12.1 Å². The van der Waals surface area contributed by atoms with Crippen molar-refractivity contribution in [2.24, 2.45) is 0 Å². The van der Waals surface area contributed by atoms with Gasteiger partial charge in [-0.3, -0.25) is 0 Å². The van der Waals surface area contributed by atoms with Gasteiger partial charge in [-0.25, -0.2) is 9.78 Å². The Kier molecular flexibility index (Phi) is 2.63. The summed E-state index contributed by atoms with van der Waals surface area (Å²) in [6.07, 6.45) is 1.52. The van der Waals surface area contributed by atoms with Gasteiger partial charge in [-0.05, 0) is 6.07 Å². The average molecular weight is 258 g/mol. The normalized spacial score (nSPS) is 21.8. The van der Waals surface area contributed by atoms with Gasteiger partial charge in [0.15, 0.2) is 5.82 Å². The largest absolute Gasteiger partial charge is 0.396 e. The number of rotatable bonds is 1. The number of fused-ring (bicyclic) bond motifs is 1. The third-order valence-electron chi connectivity index (χ3n) is 3.56. The van der Waals surface area contributed by atoms with E-state index in [2.05, 4.69) is 15.2 Å². The van der Waals surface area contributed by atoms with Crippen molar-refractivity contribution >= 4 is 17.5 Å². The Bertz CT molecular complexity index is 566. The van der Waals surface area contributed by atoms with Gasteiger partial charge in [0.25, 0.3) is 0 Å². The summed E-state index contributed by atoms with van der Waals surface area (Å²) in [5, 5.41) is 11.6. The number of nitrogen functional groups attached to an aromatic ring is 1. The molecule has 7 nitrogen and oxygen atoms in total. The van der Waals surface area contributed by atoms with Crippen molar-refractivity contribution in [3.8, 4) is 6.07 Å². The molecular formula is C12H14N6O. The molecule has 2 saturated heterocycles. The summed E-state index contributed by atoms with van der Waals surface area (Å²) in [5.74, 6) is 0.693. The summed E-state index contributed by atoms with van der Waals surface area (Å²) in [5.41, 5.74) is 6.90. The predicted octanol–water partition coefficient (Wildman–Crippen LogP) is -0.251. The van der Waals surface area contributed by atoms with Crippen molar-refractivity contribution in [3.05, 3.63) is 17.8 Å². The number of nitrogens with one attached hydrogen (secondary N) is 1. The van der Waals surface area contributed by atoms with Gasteiger partial charge in [-0.2, -0.15) is 5.26 Å². The number of pyridine rings is 1. The molecule has 98 valence electrons. The van der Waals surface area contributed by atoms with Crippen LogP contribution in [0.2, 0.25) is 0 Å². The molecule has 7 heteroatoms. The van der Waals surface area contributed by atoms with E-state index >= 15 is 0 Å².